The largest absolute Gasteiger partial charge is 0.348 e. The topological polar surface area (TPSA) is 80.1 Å². The van der Waals surface area contributed by atoms with E-state index >= 15 is 0 Å². The van der Waals surface area contributed by atoms with Crippen molar-refractivity contribution in [1.29, 1.82) is 0 Å². The fourth-order valence-electron chi connectivity index (χ4n) is 3.91. The molecule has 142 valence electrons. The second-order valence-electron chi connectivity index (χ2n) is 7.38. The first-order valence-corrected chi connectivity index (χ1v) is 11.4. The van der Waals surface area contributed by atoms with Crippen LogP contribution in [0.1, 0.15) is 46.8 Å². The van der Waals surface area contributed by atoms with E-state index in [-0.39, 0.29) is 23.6 Å². The molecule has 9 heteroatoms. The van der Waals surface area contributed by atoms with Gasteiger partial charge in [-0.1, -0.05) is 11.3 Å². The minimum absolute atomic E-state index is 0.122. The van der Waals surface area contributed by atoms with E-state index in [4.69, 9.17) is 0 Å². The number of carbonyl (C=O) groups excluding carboxylic acids is 1. The monoisotopic (exact) mass is 403 g/mol. The predicted octanol–water partition coefficient (Wildman–Crippen LogP) is 1.83. The number of nitrogens with one attached hydrogen (secondary N) is 1. The van der Waals surface area contributed by atoms with Crippen LogP contribution in [-0.2, 0) is 13.0 Å². The number of hydrogen-bond acceptors (Lipinski definition) is 7. The fourth-order valence-corrected chi connectivity index (χ4v) is 5.65. The number of pyridine rings is 1. The number of amides is 1. The third kappa shape index (κ3) is 3.27. The van der Waals surface area contributed by atoms with Gasteiger partial charge in [-0.3, -0.25) is 9.59 Å². The maximum absolute atomic E-state index is 13.1. The average Bonchev–Trinajstić information content (AvgIpc) is 3.14. The van der Waals surface area contributed by atoms with Crippen LogP contribution in [-0.4, -0.2) is 44.8 Å². The summed E-state index contributed by atoms with van der Waals surface area (Å²) >= 11 is 3.37. The molecule has 1 saturated carbocycles. The lowest BCUT2D eigenvalue weighted by Crippen LogP contribution is -2.42. The zero-order chi connectivity index (χ0) is 18.4. The van der Waals surface area contributed by atoms with Gasteiger partial charge in [0.25, 0.3) is 11.5 Å². The Morgan fingerprint density at radius 3 is 2.89 bits per heavy atom. The first kappa shape index (κ1) is 17.2. The van der Waals surface area contributed by atoms with Gasteiger partial charge in [0.1, 0.15) is 11.1 Å². The summed E-state index contributed by atoms with van der Waals surface area (Å²) in [5, 5.41) is 12.1. The Kier molecular flexibility index (Phi) is 4.43. The van der Waals surface area contributed by atoms with Crippen LogP contribution in [0.4, 0.5) is 5.13 Å². The van der Waals surface area contributed by atoms with E-state index < -0.39 is 0 Å². The summed E-state index contributed by atoms with van der Waals surface area (Å²) in [5.41, 5.74) is 3.96. The Labute approximate surface area is 165 Å². The molecule has 2 aromatic rings. The average molecular weight is 404 g/mol. The standard InChI is InChI=1S/C18H21N5O2S2/c24-16(20-12-4-6-26-9-12)15-14-3-5-22(18-21-19-10-27-18)7-11(14)8-23(17(15)25)13-1-2-13/h8,10,12-13H,1-7,9H2,(H,20,24). The van der Waals surface area contributed by atoms with Crippen LogP contribution >= 0.6 is 23.1 Å². The summed E-state index contributed by atoms with van der Waals surface area (Å²) in [4.78, 5) is 28.3. The van der Waals surface area contributed by atoms with Crippen molar-refractivity contribution in [3.05, 3.63) is 38.8 Å². The molecule has 2 fully saturated rings. The Balaban J connectivity index is 1.52. The highest BCUT2D eigenvalue weighted by Crippen LogP contribution is 2.35. The van der Waals surface area contributed by atoms with Gasteiger partial charge in [-0.05, 0) is 42.6 Å². The van der Waals surface area contributed by atoms with Crippen LogP contribution in [0.5, 0.6) is 0 Å². The number of hydrogen-bond donors (Lipinski definition) is 1. The van der Waals surface area contributed by atoms with E-state index in [9.17, 15) is 9.59 Å². The Morgan fingerprint density at radius 2 is 2.19 bits per heavy atom. The smallest absolute Gasteiger partial charge is 0.263 e. The Bertz CT molecular complexity index is 917. The van der Waals surface area contributed by atoms with Gasteiger partial charge in [0.15, 0.2) is 0 Å². The molecule has 0 aromatic carbocycles. The number of nitrogens with zero attached hydrogens (tertiary/aromatic N) is 4. The lowest BCUT2D eigenvalue weighted by Gasteiger charge is -2.30. The van der Waals surface area contributed by atoms with Gasteiger partial charge in [0.05, 0.1) is 0 Å². The lowest BCUT2D eigenvalue weighted by atomic mass is 9.96. The molecule has 2 aliphatic heterocycles. The zero-order valence-electron chi connectivity index (χ0n) is 14.9. The highest BCUT2D eigenvalue weighted by atomic mass is 32.2. The molecule has 1 saturated heterocycles. The van der Waals surface area contributed by atoms with Gasteiger partial charge < -0.3 is 14.8 Å². The molecule has 3 aliphatic rings. The molecule has 1 atom stereocenters. The van der Waals surface area contributed by atoms with Crippen LogP contribution in [0, 0.1) is 0 Å². The number of thioether (sulfide) groups is 1. The van der Waals surface area contributed by atoms with Crippen LogP contribution in [0.15, 0.2) is 16.5 Å². The first-order valence-electron chi connectivity index (χ1n) is 9.37. The van der Waals surface area contributed by atoms with E-state index in [1.807, 2.05) is 18.0 Å². The molecule has 1 N–H and O–H groups in total. The van der Waals surface area contributed by atoms with Crippen molar-refractivity contribution in [3.8, 4) is 0 Å². The highest BCUT2D eigenvalue weighted by molar-refractivity contribution is 7.99. The minimum atomic E-state index is -0.192. The molecule has 0 radical (unpaired) electrons. The van der Waals surface area contributed by atoms with Crippen LogP contribution in [0.2, 0.25) is 0 Å². The molecule has 1 unspecified atom stereocenters. The van der Waals surface area contributed by atoms with Crippen LogP contribution in [0.3, 0.4) is 0 Å². The first-order chi connectivity index (χ1) is 13.2. The van der Waals surface area contributed by atoms with Crippen molar-refractivity contribution in [2.24, 2.45) is 0 Å². The lowest BCUT2D eigenvalue weighted by molar-refractivity contribution is 0.0937. The summed E-state index contributed by atoms with van der Waals surface area (Å²) in [6.07, 6.45) is 5.66. The summed E-state index contributed by atoms with van der Waals surface area (Å²) in [6.45, 7) is 1.41. The van der Waals surface area contributed by atoms with Gasteiger partial charge in [0.2, 0.25) is 5.13 Å². The molecular formula is C18H21N5O2S2. The van der Waals surface area contributed by atoms with Gasteiger partial charge in [-0.15, -0.1) is 10.2 Å². The summed E-state index contributed by atoms with van der Waals surface area (Å²) in [7, 11) is 0. The third-order valence-electron chi connectivity index (χ3n) is 5.48. The molecule has 4 heterocycles. The molecule has 0 bridgehead atoms. The van der Waals surface area contributed by atoms with E-state index in [2.05, 4.69) is 20.4 Å². The summed E-state index contributed by atoms with van der Waals surface area (Å²) in [6, 6.07) is 0.418. The van der Waals surface area contributed by atoms with Crippen molar-refractivity contribution >= 4 is 34.1 Å². The number of rotatable bonds is 4. The maximum atomic E-state index is 13.1. The normalized spacial score (nSPS) is 21.9. The molecule has 1 amide bonds. The SMILES string of the molecule is O=C(NC1CCSC1)c1c2c(cn(C3CC3)c1=O)CN(c1nncs1)CC2. The molecule has 27 heavy (non-hydrogen) atoms. The molecular weight excluding hydrogens is 382 g/mol. The van der Waals surface area contributed by atoms with Gasteiger partial charge in [-0.25, -0.2) is 0 Å². The zero-order valence-corrected chi connectivity index (χ0v) is 16.5. The molecule has 7 nitrogen and oxygen atoms in total. The van der Waals surface area contributed by atoms with E-state index in [0.717, 1.165) is 53.6 Å². The quantitative estimate of drug-likeness (QED) is 0.839. The number of carbonyl (C=O) groups is 1. The van der Waals surface area contributed by atoms with Crippen molar-refractivity contribution in [2.45, 2.75) is 44.3 Å². The molecule has 1 aliphatic carbocycles. The molecule has 0 spiro atoms. The van der Waals surface area contributed by atoms with E-state index in [0.29, 0.717) is 18.5 Å². The predicted molar refractivity (Wildman–Crippen MR) is 107 cm³/mol. The van der Waals surface area contributed by atoms with Gasteiger partial charge in [-0.2, -0.15) is 11.8 Å². The second-order valence-corrected chi connectivity index (χ2v) is 9.34. The summed E-state index contributed by atoms with van der Waals surface area (Å²) < 4.78 is 1.79. The van der Waals surface area contributed by atoms with Crippen LogP contribution < -0.4 is 15.8 Å². The van der Waals surface area contributed by atoms with E-state index in [1.165, 1.54) is 11.3 Å². The number of anilines is 1. The van der Waals surface area contributed by atoms with Gasteiger partial charge in [0, 0.05) is 37.1 Å². The van der Waals surface area contributed by atoms with Crippen LogP contribution in [0.25, 0.3) is 0 Å². The van der Waals surface area contributed by atoms with Gasteiger partial charge >= 0.3 is 0 Å². The highest BCUT2D eigenvalue weighted by Gasteiger charge is 2.32. The maximum Gasteiger partial charge on any atom is 0.263 e. The molecule has 5 rings (SSSR count). The Hall–Kier alpha value is -1.87. The number of aromatic nitrogens is 3. The number of fused-ring (bicyclic) bond motifs is 1. The van der Waals surface area contributed by atoms with Crippen molar-refractivity contribution in [2.75, 3.05) is 23.0 Å². The summed E-state index contributed by atoms with van der Waals surface area (Å²) in [5.74, 6) is 1.81. The van der Waals surface area contributed by atoms with E-state index in [1.54, 1.807) is 10.1 Å². The fraction of sp³-hybridized carbons (Fsp3) is 0.556. The minimum Gasteiger partial charge on any atom is -0.348 e. The third-order valence-corrected chi connectivity index (χ3v) is 7.39. The molecule has 2 aromatic heterocycles. The Morgan fingerprint density at radius 1 is 1.30 bits per heavy atom. The van der Waals surface area contributed by atoms with Crippen molar-refractivity contribution in [3.63, 3.8) is 0 Å². The second kappa shape index (κ2) is 6.94. The van der Waals surface area contributed by atoms with Crippen molar-refractivity contribution in [1.82, 2.24) is 20.1 Å². The van der Waals surface area contributed by atoms with Crippen molar-refractivity contribution < 1.29 is 4.79 Å².